The number of carbonyl (C=O) groups excluding carboxylic acids is 1. The van der Waals surface area contributed by atoms with E-state index < -0.39 is 0 Å². The summed E-state index contributed by atoms with van der Waals surface area (Å²) in [5, 5.41) is 3.22. The van der Waals surface area contributed by atoms with Crippen LogP contribution >= 0.6 is 0 Å². The van der Waals surface area contributed by atoms with E-state index in [0.717, 1.165) is 25.1 Å². The molecule has 3 rings (SSSR count). The third kappa shape index (κ3) is 2.42. The van der Waals surface area contributed by atoms with Gasteiger partial charge in [0.05, 0.1) is 0 Å². The number of nitrogens with one attached hydrogen (secondary N) is 1. The van der Waals surface area contributed by atoms with Crippen molar-refractivity contribution in [3.05, 3.63) is 46.0 Å². The summed E-state index contributed by atoms with van der Waals surface area (Å²) in [5.41, 5.74) is 1.30. The molecule has 1 aliphatic rings. The molecule has 1 atom stereocenters. The van der Waals surface area contributed by atoms with E-state index in [-0.39, 0.29) is 23.1 Å². The summed E-state index contributed by atoms with van der Waals surface area (Å²) in [4.78, 5) is 30.9. The van der Waals surface area contributed by atoms with Crippen LogP contribution < -0.4 is 10.9 Å². The van der Waals surface area contributed by atoms with Gasteiger partial charge in [0, 0.05) is 32.0 Å². The van der Waals surface area contributed by atoms with Gasteiger partial charge in [-0.05, 0) is 31.5 Å². The number of pyridine rings is 1. The number of aryl methyl sites for hydroxylation is 1. The molecule has 0 spiro atoms. The summed E-state index contributed by atoms with van der Waals surface area (Å²) in [5.74, 6) is -0.267. The Morgan fingerprint density at radius 2 is 2.29 bits per heavy atom. The lowest BCUT2D eigenvalue weighted by atomic mass is 10.2. The third-order valence-electron chi connectivity index (χ3n) is 3.98. The van der Waals surface area contributed by atoms with Crippen molar-refractivity contribution in [1.82, 2.24) is 19.6 Å². The van der Waals surface area contributed by atoms with Crippen LogP contribution in [-0.2, 0) is 0 Å². The van der Waals surface area contributed by atoms with Crippen molar-refractivity contribution in [3.8, 4) is 0 Å². The van der Waals surface area contributed by atoms with Crippen molar-refractivity contribution in [2.24, 2.45) is 0 Å². The van der Waals surface area contributed by atoms with Crippen LogP contribution in [0.3, 0.4) is 0 Å². The number of amides is 1. The quantitative estimate of drug-likeness (QED) is 0.870. The molecule has 1 N–H and O–H groups in total. The zero-order chi connectivity index (χ0) is 15.0. The summed E-state index contributed by atoms with van der Waals surface area (Å²) in [6.45, 7) is 3.57. The highest BCUT2D eigenvalue weighted by atomic mass is 16.2. The molecule has 6 nitrogen and oxygen atoms in total. The largest absolute Gasteiger partial charge is 0.337 e. The molecule has 2 aromatic heterocycles. The molecular formula is C15H18N4O2. The molecule has 0 saturated carbocycles. The highest BCUT2D eigenvalue weighted by Crippen LogP contribution is 2.10. The van der Waals surface area contributed by atoms with Gasteiger partial charge in [0.2, 0.25) is 0 Å². The molecule has 1 saturated heterocycles. The van der Waals surface area contributed by atoms with E-state index in [9.17, 15) is 9.59 Å². The second-order valence-corrected chi connectivity index (χ2v) is 5.47. The van der Waals surface area contributed by atoms with E-state index in [1.807, 2.05) is 13.0 Å². The van der Waals surface area contributed by atoms with Gasteiger partial charge >= 0.3 is 0 Å². The number of nitrogens with zero attached hydrogens (tertiary/aromatic N) is 3. The Morgan fingerprint density at radius 3 is 3.00 bits per heavy atom. The zero-order valence-corrected chi connectivity index (χ0v) is 12.2. The lowest BCUT2D eigenvalue weighted by Gasteiger charge is -2.23. The molecule has 1 amide bonds. The number of hydrogen-bond donors (Lipinski definition) is 1. The van der Waals surface area contributed by atoms with Crippen molar-refractivity contribution >= 4 is 11.6 Å². The topological polar surface area (TPSA) is 66.7 Å². The Kier molecular flexibility index (Phi) is 3.47. The van der Waals surface area contributed by atoms with Crippen molar-refractivity contribution in [3.63, 3.8) is 0 Å². The van der Waals surface area contributed by atoms with Crippen molar-refractivity contribution in [2.45, 2.75) is 19.4 Å². The van der Waals surface area contributed by atoms with Crippen molar-refractivity contribution < 1.29 is 4.79 Å². The first-order chi connectivity index (χ1) is 10.1. The summed E-state index contributed by atoms with van der Waals surface area (Å²) >= 11 is 0. The first kappa shape index (κ1) is 13.8. The first-order valence-electron chi connectivity index (χ1n) is 7.04. The number of aromatic nitrogens is 2. The van der Waals surface area contributed by atoms with Gasteiger partial charge in [-0.25, -0.2) is 4.98 Å². The lowest BCUT2D eigenvalue weighted by Crippen LogP contribution is -2.41. The maximum Gasteiger partial charge on any atom is 0.270 e. The van der Waals surface area contributed by atoms with Gasteiger partial charge < -0.3 is 10.2 Å². The fourth-order valence-corrected chi connectivity index (χ4v) is 2.66. The summed E-state index contributed by atoms with van der Waals surface area (Å²) in [7, 11) is 1.74. The minimum atomic E-state index is -0.313. The molecule has 0 bridgehead atoms. The van der Waals surface area contributed by atoms with Gasteiger partial charge in [0.25, 0.3) is 11.5 Å². The van der Waals surface area contributed by atoms with Gasteiger partial charge in [-0.1, -0.05) is 6.07 Å². The number of carbonyl (C=O) groups is 1. The normalized spacial score (nSPS) is 18.1. The summed E-state index contributed by atoms with van der Waals surface area (Å²) < 4.78 is 1.43. The molecule has 0 aliphatic carbocycles. The molecule has 2 aromatic rings. The predicted octanol–water partition coefficient (Wildman–Crippen LogP) is 0.437. The van der Waals surface area contributed by atoms with Crippen LogP contribution in [0.2, 0.25) is 0 Å². The van der Waals surface area contributed by atoms with Crippen LogP contribution in [0.15, 0.2) is 29.3 Å². The van der Waals surface area contributed by atoms with Gasteiger partial charge in [-0.15, -0.1) is 0 Å². The van der Waals surface area contributed by atoms with Gasteiger partial charge in [-0.2, -0.15) is 0 Å². The van der Waals surface area contributed by atoms with E-state index >= 15 is 0 Å². The SMILES string of the molecule is Cc1ccc2ncc(C(=O)N(C)C3CCNC3)c(=O)n2c1. The maximum atomic E-state index is 12.5. The highest BCUT2D eigenvalue weighted by Gasteiger charge is 2.26. The van der Waals surface area contributed by atoms with E-state index in [2.05, 4.69) is 10.3 Å². The molecule has 1 unspecified atom stereocenters. The van der Waals surface area contributed by atoms with E-state index in [1.54, 1.807) is 24.2 Å². The molecule has 0 radical (unpaired) electrons. The standard InChI is InChI=1S/C15H18N4O2/c1-10-3-4-13-17-8-12(15(21)19(13)9-10)14(20)18(2)11-5-6-16-7-11/h3-4,8-9,11,16H,5-7H2,1-2H3. The first-order valence-corrected chi connectivity index (χ1v) is 7.04. The minimum Gasteiger partial charge on any atom is -0.337 e. The fourth-order valence-electron chi connectivity index (χ4n) is 2.66. The smallest absolute Gasteiger partial charge is 0.270 e. The van der Waals surface area contributed by atoms with Crippen LogP contribution in [0.4, 0.5) is 0 Å². The second kappa shape index (κ2) is 5.29. The van der Waals surface area contributed by atoms with Gasteiger partial charge in [0.1, 0.15) is 11.2 Å². The molecule has 1 fully saturated rings. The van der Waals surface area contributed by atoms with Gasteiger partial charge in [0.15, 0.2) is 0 Å². The maximum absolute atomic E-state index is 12.5. The predicted molar refractivity (Wildman–Crippen MR) is 79.6 cm³/mol. The van der Waals surface area contributed by atoms with Crippen molar-refractivity contribution in [1.29, 1.82) is 0 Å². The van der Waals surface area contributed by atoms with Crippen LogP contribution in [0.25, 0.3) is 5.65 Å². The lowest BCUT2D eigenvalue weighted by molar-refractivity contribution is 0.0741. The molecular weight excluding hydrogens is 268 g/mol. The number of fused-ring (bicyclic) bond motifs is 1. The molecule has 0 aromatic carbocycles. The molecule has 110 valence electrons. The van der Waals surface area contributed by atoms with Crippen LogP contribution in [0, 0.1) is 6.92 Å². The monoisotopic (exact) mass is 286 g/mol. The Hall–Kier alpha value is -2.21. The zero-order valence-electron chi connectivity index (χ0n) is 12.2. The van der Waals surface area contributed by atoms with Gasteiger partial charge in [-0.3, -0.25) is 14.0 Å². The number of rotatable bonds is 2. The highest BCUT2D eigenvalue weighted by molar-refractivity contribution is 5.93. The molecule has 6 heteroatoms. The average molecular weight is 286 g/mol. The number of hydrogen-bond acceptors (Lipinski definition) is 4. The Bertz CT molecular complexity index is 747. The second-order valence-electron chi connectivity index (χ2n) is 5.47. The van der Waals surface area contributed by atoms with Crippen molar-refractivity contribution in [2.75, 3.05) is 20.1 Å². The van der Waals surface area contributed by atoms with E-state index in [4.69, 9.17) is 0 Å². The van der Waals surface area contributed by atoms with Crippen LogP contribution in [0.1, 0.15) is 22.3 Å². The molecule has 3 heterocycles. The van der Waals surface area contributed by atoms with Crippen LogP contribution in [-0.4, -0.2) is 46.4 Å². The Morgan fingerprint density at radius 1 is 1.48 bits per heavy atom. The summed E-state index contributed by atoms with van der Waals surface area (Å²) in [6, 6.07) is 3.80. The fraction of sp³-hybridized carbons (Fsp3) is 0.400. The van der Waals surface area contributed by atoms with Crippen LogP contribution in [0.5, 0.6) is 0 Å². The Labute approximate surface area is 122 Å². The number of likely N-dealkylation sites (N-methyl/N-ethyl adjacent to an activating group) is 1. The average Bonchev–Trinajstić information content (AvgIpc) is 3.01. The molecule has 1 aliphatic heterocycles. The minimum absolute atomic E-state index is 0.118. The summed E-state index contributed by atoms with van der Waals surface area (Å²) in [6.07, 6.45) is 4.00. The van der Waals surface area contributed by atoms with E-state index in [0.29, 0.717) is 5.65 Å². The Balaban J connectivity index is 2.02. The van der Waals surface area contributed by atoms with E-state index in [1.165, 1.54) is 10.6 Å². The third-order valence-corrected chi connectivity index (χ3v) is 3.98. The molecule has 21 heavy (non-hydrogen) atoms.